The summed E-state index contributed by atoms with van der Waals surface area (Å²) in [5.41, 5.74) is 8.47. The van der Waals surface area contributed by atoms with Crippen LogP contribution in [0.25, 0.3) is 0 Å². The zero-order valence-corrected chi connectivity index (χ0v) is 10.4. The first-order chi connectivity index (χ1) is 8.20. The van der Waals surface area contributed by atoms with Crippen molar-refractivity contribution in [3.05, 3.63) is 17.5 Å². The number of nitrogens with two attached hydrogens (primary N) is 1. The maximum atomic E-state index is 5.99. The molecule has 0 amide bonds. The van der Waals surface area contributed by atoms with Crippen molar-refractivity contribution in [2.75, 3.05) is 6.54 Å². The number of hydrogen-bond donors (Lipinski definition) is 1. The van der Waals surface area contributed by atoms with Crippen LogP contribution in [0.3, 0.4) is 0 Å². The van der Waals surface area contributed by atoms with E-state index in [2.05, 4.69) is 28.1 Å². The van der Waals surface area contributed by atoms with Crippen molar-refractivity contribution >= 4 is 5.96 Å². The molecule has 1 aliphatic carbocycles. The lowest BCUT2D eigenvalue weighted by Crippen LogP contribution is -2.37. The number of nitrogens with zero attached hydrogens (tertiary/aromatic N) is 4. The Labute approximate surface area is 101 Å². The van der Waals surface area contributed by atoms with E-state index in [0.29, 0.717) is 18.0 Å². The molecular formula is C12H19N5. The normalized spacial score (nSPS) is 24.2. The molecule has 1 atom stereocenters. The molecule has 2 aliphatic rings. The number of guanidine groups is 1. The molecule has 0 saturated heterocycles. The summed E-state index contributed by atoms with van der Waals surface area (Å²) in [5, 5.41) is 4.51. The van der Waals surface area contributed by atoms with E-state index in [-0.39, 0.29) is 0 Å². The number of aromatic nitrogens is 2. The van der Waals surface area contributed by atoms with Gasteiger partial charge in [-0.2, -0.15) is 5.10 Å². The third-order valence-electron chi connectivity index (χ3n) is 3.60. The molecule has 17 heavy (non-hydrogen) atoms. The van der Waals surface area contributed by atoms with Crippen LogP contribution in [0.4, 0.5) is 0 Å². The summed E-state index contributed by atoms with van der Waals surface area (Å²) in [6.45, 7) is 2.92. The largest absolute Gasteiger partial charge is 0.370 e. The van der Waals surface area contributed by atoms with Crippen LogP contribution in [-0.2, 0) is 13.5 Å². The molecule has 92 valence electrons. The van der Waals surface area contributed by atoms with Crippen LogP contribution < -0.4 is 5.73 Å². The third kappa shape index (κ3) is 1.69. The highest BCUT2D eigenvalue weighted by Crippen LogP contribution is 2.37. The standard InChI is InChI=1S/C12H19N5/c1-3-10-9(7-16(2)15-10)11-6-14-12(13)17(11)8-4-5-8/h7-8,11H,3-6H2,1-2H3,(H2,13,14). The van der Waals surface area contributed by atoms with E-state index >= 15 is 0 Å². The molecule has 0 spiro atoms. The monoisotopic (exact) mass is 233 g/mol. The Morgan fingerprint density at radius 1 is 1.47 bits per heavy atom. The molecule has 1 saturated carbocycles. The highest BCUT2D eigenvalue weighted by molar-refractivity contribution is 5.81. The Kier molecular flexibility index (Phi) is 2.34. The van der Waals surface area contributed by atoms with Crippen LogP contribution in [0.2, 0.25) is 0 Å². The summed E-state index contributed by atoms with van der Waals surface area (Å²) < 4.78 is 1.90. The average molecular weight is 233 g/mol. The van der Waals surface area contributed by atoms with Gasteiger partial charge in [0.05, 0.1) is 18.3 Å². The van der Waals surface area contributed by atoms with Gasteiger partial charge in [0.2, 0.25) is 0 Å². The van der Waals surface area contributed by atoms with E-state index in [0.717, 1.165) is 13.0 Å². The summed E-state index contributed by atoms with van der Waals surface area (Å²) in [4.78, 5) is 6.69. The van der Waals surface area contributed by atoms with Crippen molar-refractivity contribution in [1.29, 1.82) is 0 Å². The average Bonchev–Trinajstić information content (AvgIpc) is 2.97. The minimum atomic E-state index is 0.311. The minimum absolute atomic E-state index is 0.311. The van der Waals surface area contributed by atoms with Gasteiger partial charge in [-0.1, -0.05) is 6.92 Å². The van der Waals surface area contributed by atoms with Gasteiger partial charge in [-0.15, -0.1) is 0 Å². The molecule has 2 heterocycles. The van der Waals surface area contributed by atoms with Crippen molar-refractivity contribution in [1.82, 2.24) is 14.7 Å². The van der Waals surface area contributed by atoms with Crippen molar-refractivity contribution in [2.24, 2.45) is 17.8 Å². The predicted molar refractivity (Wildman–Crippen MR) is 66.7 cm³/mol. The van der Waals surface area contributed by atoms with Gasteiger partial charge >= 0.3 is 0 Å². The van der Waals surface area contributed by atoms with Gasteiger partial charge in [0.1, 0.15) is 0 Å². The molecule has 1 aliphatic heterocycles. The molecule has 3 rings (SSSR count). The highest BCUT2D eigenvalue weighted by atomic mass is 15.4. The van der Waals surface area contributed by atoms with Crippen LogP contribution in [0.15, 0.2) is 11.2 Å². The molecule has 0 aromatic carbocycles. The predicted octanol–water partition coefficient (Wildman–Crippen LogP) is 0.816. The summed E-state index contributed by atoms with van der Waals surface area (Å²) in [6, 6.07) is 0.919. The van der Waals surface area contributed by atoms with Crippen molar-refractivity contribution in [2.45, 2.75) is 38.3 Å². The molecule has 1 unspecified atom stereocenters. The van der Waals surface area contributed by atoms with Gasteiger partial charge in [-0.3, -0.25) is 9.67 Å². The minimum Gasteiger partial charge on any atom is -0.370 e. The van der Waals surface area contributed by atoms with E-state index in [9.17, 15) is 0 Å². The molecule has 5 nitrogen and oxygen atoms in total. The topological polar surface area (TPSA) is 59.4 Å². The molecule has 5 heteroatoms. The van der Waals surface area contributed by atoms with Gasteiger partial charge in [-0.05, 0) is 19.3 Å². The van der Waals surface area contributed by atoms with Gasteiger partial charge < -0.3 is 10.6 Å². The lowest BCUT2D eigenvalue weighted by atomic mass is 10.1. The fraction of sp³-hybridized carbons (Fsp3) is 0.667. The lowest BCUT2D eigenvalue weighted by molar-refractivity contribution is 0.336. The number of rotatable bonds is 3. The molecule has 1 aromatic heterocycles. The van der Waals surface area contributed by atoms with Crippen molar-refractivity contribution in [3.8, 4) is 0 Å². The van der Waals surface area contributed by atoms with Crippen LogP contribution in [0.1, 0.15) is 37.1 Å². The van der Waals surface area contributed by atoms with Crippen molar-refractivity contribution < 1.29 is 0 Å². The lowest BCUT2D eigenvalue weighted by Gasteiger charge is -2.26. The Hall–Kier alpha value is -1.52. The molecule has 1 fully saturated rings. The highest BCUT2D eigenvalue weighted by Gasteiger charge is 2.40. The zero-order chi connectivity index (χ0) is 12.0. The Morgan fingerprint density at radius 3 is 2.88 bits per heavy atom. The van der Waals surface area contributed by atoms with Crippen LogP contribution in [-0.4, -0.2) is 33.2 Å². The Morgan fingerprint density at radius 2 is 2.24 bits per heavy atom. The van der Waals surface area contributed by atoms with E-state index < -0.39 is 0 Å². The summed E-state index contributed by atoms with van der Waals surface area (Å²) >= 11 is 0. The first-order valence-corrected chi connectivity index (χ1v) is 6.31. The van der Waals surface area contributed by atoms with Gasteiger partial charge in [0.25, 0.3) is 0 Å². The number of aryl methyl sites for hydroxylation is 2. The van der Waals surface area contributed by atoms with E-state index in [1.165, 1.54) is 24.1 Å². The van der Waals surface area contributed by atoms with Crippen LogP contribution in [0.5, 0.6) is 0 Å². The summed E-state index contributed by atoms with van der Waals surface area (Å²) in [6.07, 6.45) is 5.57. The zero-order valence-electron chi connectivity index (χ0n) is 10.4. The quantitative estimate of drug-likeness (QED) is 0.840. The maximum absolute atomic E-state index is 5.99. The SMILES string of the molecule is CCc1nn(C)cc1C1CN=C(N)N1C1CC1. The maximum Gasteiger partial charge on any atom is 0.192 e. The van der Waals surface area contributed by atoms with Crippen LogP contribution >= 0.6 is 0 Å². The molecular weight excluding hydrogens is 214 g/mol. The first kappa shape index (κ1) is 10.6. The summed E-state index contributed by atoms with van der Waals surface area (Å²) in [7, 11) is 1.98. The van der Waals surface area contributed by atoms with Gasteiger partial charge in [0, 0.05) is 24.8 Å². The van der Waals surface area contributed by atoms with Crippen molar-refractivity contribution in [3.63, 3.8) is 0 Å². The van der Waals surface area contributed by atoms with E-state index in [1.54, 1.807) is 0 Å². The fourth-order valence-corrected chi connectivity index (χ4v) is 2.66. The second kappa shape index (κ2) is 3.75. The smallest absolute Gasteiger partial charge is 0.192 e. The van der Waals surface area contributed by atoms with E-state index in [4.69, 9.17) is 5.73 Å². The Bertz CT molecular complexity index is 457. The van der Waals surface area contributed by atoms with Gasteiger partial charge in [-0.25, -0.2) is 0 Å². The third-order valence-corrected chi connectivity index (χ3v) is 3.60. The van der Waals surface area contributed by atoms with E-state index in [1.807, 2.05) is 11.7 Å². The number of aliphatic imine (C=N–C) groups is 1. The summed E-state index contributed by atoms with van der Waals surface area (Å²) in [5.74, 6) is 0.711. The second-order valence-electron chi connectivity index (χ2n) is 4.91. The molecule has 0 bridgehead atoms. The van der Waals surface area contributed by atoms with Gasteiger partial charge in [0.15, 0.2) is 5.96 Å². The second-order valence-corrected chi connectivity index (χ2v) is 4.91. The molecule has 0 radical (unpaired) electrons. The van der Waals surface area contributed by atoms with Crippen LogP contribution in [0, 0.1) is 0 Å². The fourth-order valence-electron chi connectivity index (χ4n) is 2.66. The molecule has 2 N–H and O–H groups in total. The first-order valence-electron chi connectivity index (χ1n) is 6.31. The Balaban J connectivity index is 1.93. The molecule has 1 aromatic rings. The number of hydrogen-bond acceptors (Lipinski definition) is 4.